The molecule has 0 fully saturated rings. The minimum absolute atomic E-state index is 0.177. The van der Waals surface area contributed by atoms with Crippen LogP contribution >= 0.6 is 22.6 Å². The van der Waals surface area contributed by atoms with Gasteiger partial charge in [-0.2, -0.15) is 0 Å². The number of benzene rings is 2. The van der Waals surface area contributed by atoms with E-state index < -0.39 is 0 Å². The second kappa shape index (κ2) is 8.01. The highest BCUT2D eigenvalue weighted by atomic mass is 127. The molecule has 0 aromatic heterocycles. The number of carbonyl (C=O) groups is 1. The molecule has 1 amide bonds. The van der Waals surface area contributed by atoms with E-state index in [1.165, 1.54) is 6.08 Å². The van der Waals surface area contributed by atoms with Gasteiger partial charge in [-0.1, -0.05) is 6.07 Å². The van der Waals surface area contributed by atoms with Gasteiger partial charge in [-0.25, -0.2) is 0 Å². The number of halogens is 1. The predicted octanol–water partition coefficient (Wildman–Crippen LogP) is 4.27. The van der Waals surface area contributed by atoms with Crippen molar-refractivity contribution in [2.24, 2.45) is 0 Å². The van der Waals surface area contributed by atoms with Crippen molar-refractivity contribution in [1.82, 2.24) is 0 Å². The standard InChI is InChI=1S/C18H18INO3/c1-12-10-14(19)6-7-15(12)20-18(21)9-5-13-4-8-16(22-2)17(11-13)23-3/h4-11H,1-3H3,(H,20,21). The fourth-order valence-corrected chi connectivity index (χ4v) is 2.72. The molecule has 2 rings (SSSR count). The maximum Gasteiger partial charge on any atom is 0.248 e. The summed E-state index contributed by atoms with van der Waals surface area (Å²) in [5.74, 6) is 1.11. The Bertz CT molecular complexity index is 741. The van der Waals surface area contributed by atoms with Crippen LogP contribution in [0.15, 0.2) is 42.5 Å². The van der Waals surface area contributed by atoms with Crippen LogP contribution in [0.2, 0.25) is 0 Å². The van der Waals surface area contributed by atoms with Crippen LogP contribution in [0.1, 0.15) is 11.1 Å². The second-order valence-electron chi connectivity index (χ2n) is 4.90. The molecule has 0 atom stereocenters. The Hall–Kier alpha value is -2.02. The van der Waals surface area contributed by atoms with Crippen LogP contribution in [0.4, 0.5) is 5.69 Å². The van der Waals surface area contributed by atoms with Gasteiger partial charge in [0.15, 0.2) is 11.5 Å². The summed E-state index contributed by atoms with van der Waals surface area (Å²) >= 11 is 2.24. The van der Waals surface area contributed by atoms with Crippen molar-refractivity contribution >= 4 is 40.3 Å². The van der Waals surface area contributed by atoms with Gasteiger partial charge in [0.2, 0.25) is 5.91 Å². The molecule has 0 aliphatic rings. The highest BCUT2D eigenvalue weighted by Gasteiger charge is 2.04. The SMILES string of the molecule is COc1ccc(C=CC(=O)Nc2ccc(I)cc2C)cc1OC. The topological polar surface area (TPSA) is 47.6 Å². The smallest absolute Gasteiger partial charge is 0.248 e. The van der Waals surface area contributed by atoms with Gasteiger partial charge in [0.25, 0.3) is 0 Å². The Morgan fingerprint density at radius 1 is 1.09 bits per heavy atom. The summed E-state index contributed by atoms with van der Waals surface area (Å²) in [5.41, 5.74) is 2.70. The van der Waals surface area contributed by atoms with E-state index in [0.717, 1.165) is 20.4 Å². The molecule has 2 aromatic rings. The zero-order valence-electron chi connectivity index (χ0n) is 13.2. The number of rotatable bonds is 5. The van der Waals surface area contributed by atoms with Crippen LogP contribution in [-0.4, -0.2) is 20.1 Å². The van der Waals surface area contributed by atoms with E-state index in [9.17, 15) is 4.79 Å². The fraction of sp³-hybridized carbons (Fsp3) is 0.167. The Morgan fingerprint density at radius 2 is 1.83 bits per heavy atom. The molecule has 0 spiro atoms. The van der Waals surface area contributed by atoms with E-state index in [2.05, 4.69) is 27.9 Å². The van der Waals surface area contributed by atoms with Crippen molar-refractivity contribution in [3.8, 4) is 11.5 Å². The maximum atomic E-state index is 12.0. The highest BCUT2D eigenvalue weighted by Crippen LogP contribution is 2.28. The Morgan fingerprint density at radius 3 is 2.48 bits per heavy atom. The van der Waals surface area contributed by atoms with Crippen LogP contribution in [-0.2, 0) is 4.79 Å². The highest BCUT2D eigenvalue weighted by molar-refractivity contribution is 14.1. The normalized spacial score (nSPS) is 10.6. The molecular formula is C18H18INO3. The van der Waals surface area contributed by atoms with Crippen molar-refractivity contribution in [1.29, 1.82) is 0 Å². The first kappa shape index (κ1) is 17.3. The number of hydrogen-bond donors (Lipinski definition) is 1. The molecule has 0 radical (unpaired) electrons. The van der Waals surface area contributed by atoms with Gasteiger partial charge < -0.3 is 14.8 Å². The first-order valence-electron chi connectivity index (χ1n) is 7.00. The molecule has 23 heavy (non-hydrogen) atoms. The van der Waals surface area contributed by atoms with Gasteiger partial charge in [-0.05, 0) is 77.0 Å². The van der Waals surface area contributed by atoms with Crippen LogP contribution in [0.25, 0.3) is 6.08 Å². The number of methoxy groups -OCH3 is 2. The van der Waals surface area contributed by atoms with E-state index in [1.807, 2.05) is 37.3 Å². The van der Waals surface area contributed by atoms with Crippen molar-refractivity contribution in [3.05, 3.63) is 57.2 Å². The number of anilines is 1. The molecule has 1 N–H and O–H groups in total. The van der Waals surface area contributed by atoms with Crippen LogP contribution in [0.3, 0.4) is 0 Å². The third kappa shape index (κ3) is 4.72. The molecule has 0 saturated heterocycles. The van der Waals surface area contributed by atoms with Gasteiger partial charge in [0, 0.05) is 15.3 Å². The summed E-state index contributed by atoms with van der Waals surface area (Å²) in [5, 5.41) is 2.87. The van der Waals surface area contributed by atoms with E-state index in [1.54, 1.807) is 26.4 Å². The number of ether oxygens (including phenoxy) is 2. The number of carbonyl (C=O) groups excluding carboxylic acids is 1. The van der Waals surface area contributed by atoms with Gasteiger partial charge in [0.05, 0.1) is 14.2 Å². The summed E-state index contributed by atoms with van der Waals surface area (Å²) in [6.45, 7) is 1.97. The molecule has 2 aromatic carbocycles. The minimum atomic E-state index is -0.177. The predicted molar refractivity (Wildman–Crippen MR) is 101 cm³/mol. The quantitative estimate of drug-likeness (QED) is 0.578. The van der Waals surface area contributed by atoms with Crippen molar-refractivity contribution in [3.63, 3.8) is 0 Å². The number of aryl methyl sites for hydroxylation is 1. The van der Waals surface area contributed by atoms with Gasteiger partial charge in [0.1, 0.15) is 0 Å². The molecule has 0 heterocycles. The molecule has 4 nitrogen and oxygen atoms in total. The lowest BCUT2D eigenvalue weighted by Gasteiger charge is -2.08. The van der Waals surface area contributed by atoms with E-state index in [4.69, 9.17) is 9.47 Å². The Balaban J connectivity index is 2.09. The molecule has 0 aliphatic heterocycles. The maximum absolute atomic E-state index is 12.0. The van der Waals surface area contributed by atoms with Gasteiger partial charge in [-0.3, -0.25) is 4.79 Å². The van der Waals surface area contributed by atoms with Crippen molar-refractivity contribution in [2.75, 3.05) is 19.5 Å². The summed E-state index contributed by atoms with van der Waals surface area (Å²) in [6, 6.07) is 11.4. The number of nitrogens with one attached hydrogen (secondary N) is 1. The molecule has 0 aliphatic carbocycles. The zero-order chi connectivity index (χ0) is 16.8. The van der Waals surface area contributed by atoms with Crippen LogP contribution in [0.5, 0.6) is 11.5 Å². The first-order chi connectivity index (χ1) is 11.0. The van der Waals surface area contributed by atoms with Crippen molar-refractivity contribution < 1.29 is 14.3 Å². The van der Waals surface area contributed by atoms with Crippen LogP contribution in [0, 0.1) is 10.5 Å². The molecular weight excluding hydrogens is 405 g/mol. The summed E-state index contributed by atoms with van der Waals surface area (Å²) < 4.78 is 11.6. The minimum Gasteiger partial charge on any atom is -0.493 e. The fourth-order valence-electron chi connectivity index (χ4n) is 2.07. The molecule has 0 unspecified atom stereocenters. The van der Waals surface area contributed by atoms with E-state index >= 15 is 0 Å². The van der Waals surface area contributed by atoms with Gasteiger partial charge in [-0.15, -0.1) is 0 Å². The number of hydrogen-bond acceptors (Lipinski definition) is 3. The lowest BCUT2D eigenvalue weighted by molar-refractivity contribution is -0.111. The largest absolute Gasteiger partial charge is 0.493 e. The third-order valence-electron chi connectivity index (χ3n) is 3.28. The molecule has 0 saturated carbocycles. The molecule has 5 heteroatoms. The monoisotopic (exact) mass is 423 g/mol. The lowest BCUT2D eigenvalue weighted by Crippen LogP contribution is -2.08. The lowest BCUT2D eigenvalue weighted by atomic mass is 10.1. The van der Waals surface area contributed by atoms with Crippen molar-refractivity contribution in [2.45, 2.75) is 6.92 Å². The Kier molecular flexibility index (Phi) is 6.04. The molecule has 0 bridgehead atoms. The average molecular weight is 423 g/mol. The summed E-state index contributed by atoms with van der Waals surface area (Å²) in [4.78, 5) is 12.0. The Labute approximate surface area is 149 Å². The molecule has 120 valence electrons. The number of amides is 1. The van der Waals surface area contributed by atoms with Crippen LogP contribution < -0.4 is 14.8 Å². The van der Waals surface area contributed by atoms with E-state index in [0.29, 0.717) is 11.5 Å². The zero-order valence-corrected chi connectivity index (χ0v) is 15.4. The van der Waals surface area contributed by atoms with Gasteiger partial charge >= 0.3 is 0 Å². The summed E-state index contributed by atoms with van der Waals surface area (Å²) in [6.07, 6.45) is 3.23. The second-order valence-corrected chi connectivity index (χ2v) is 6.14. The third-order valence-corrected chi connectivity index (χ3v) is 3.95. The first-order valence-corrected chi connectivity index (χ1v) is 8.08. The van der Waals surface area contributed by atoms with E-state index in [-0.39, 0.29) is 5.91 Å². The average Bonchev–Trinajstić information content (AvgIpc) is 2.55. The summed E-state index contributed by atoms with van der Waals surface area (Å²) in [7, 11) is 3.17.